The number of aryl methyl sites for hydroxylation is 1. The molecule has 152 valence electrons. The molecule has 0 spiro atoms. The van der Waals surface area contributed by atoms with Crippen molar-refractivity contribution in [1.29, 1.82) is 0 Å². The van der Waals surface area contributed by atoms with Crippen LogP contribution in [0.25, 0.3) is 0 Å². The van der Waals surface area contributed by atoms with E-state index in [0.29, 0.717) is 30.0 Å². The minimum Gasteiger partial charge on any atom is -0.339 e. The highest BCUT2D eigenvalue weighted by atomic mass is 32.1. The third-order valence-electron chi connectivity index (χ3n) is 5.17. The molecule has 1 heterocycles. The van der Waals surface area contributed by atoms with Gasteiger partial charge in [0, 0.05) is 30.8 Å². The van der Waals surface area contributed by atoms with Gasteiger partial charge in [-0.25, -0.2) is 0 Å². The van der Waals surface area contributed by atoms with Crippen molar-refractivity contribution in [2.45, 2.75) is 32.6 Å². The maximum Gasteiger partial charge on any atom is 0.253 e. The number of carbonyl (C=O) groups is 2. The van der Waals surface area contributed by atoms with Gasteiger partial charge in [-0.3, -0.25) is 9.59 Å². The third-order valence-corrected chi connectivity index (χ3v) is 5.38. The second kappa shape index (κ2) is 10.2. The Bertz CT molecular complexity index is 861. The molecule has 0 saturated carbocycles. The van der Waals surface area contributed by atoms with Crippen molar-refractivity contribution in [2.24, 2.45) is 5.92 Å². The molecule has 5 nitrogen and oxygen atoms in total. The smallest absolute Gasteiger partial charge is 0.253 e. The maximum atomic E-state index is 12.7. The van der Waals surface area contributed by atoms with E-state index in [9.17, 15) is 9.59 Å². The van der Waals surface area contributed by atoms with Gasteiger partial charge in [-0.05, 0) is 61.2 Å². The number of carbonyl (C=O) groups excluding carboxylic acids is 2. The van der Waals surface area contributed by atoms with Crippen molar-refractivity contribution in [3.63, 3.8) is 0 Å². The minimum atomic E-state index is -0.138. The number of amides is 2. The summed E-state index contributed by atoms with van der Waals surface area (Å²) in [5.41, 5.74) is 2.43. The molecule has 0 bridgehead atoms. The van der Waals surface area contributed by atoms with Gasteiger partial charge in [-0.2, -0.15) is 0 Å². The topological polar surface area (TPSA) is 61.4 Å². The molecule has 0 aromatic heterocycles. The van der Waals surface area contributed by atoms with E-state index in [2.05, 4.69) is 17.6 Å². The highest BCUT2D eigenvalue weighted by Crippen LogP contribution is 2.19. The molecule has 1 fully saturated rings. The Morgan fingerprint density at radius 1 is 1.07 bits per heavy atom. The van der Waals surface area contributed by atoms with Gasteiger partial charge in [0.05, 0.1) is 0 Å². The Kier molecular flexibility index (Phi) is 7.36. The van der Waals surface area contributed by atoms with Crippen LogP contribution in [0.1, 0.15) is 42.1 Å². The van der Waals surface area contributed by atoms with E-state index in [1.165, 1.54) is 0 Å². The molecule has 2 amide bonds. The van der Waals surface area contributed by atoms with E-state index in [1.54, 1.807) is 6.07 Å². The summed E-state index contributed by atoms with van der Waals surface area (Å²) in [6.07, 6.45) is 3.11. The zero-order valence-electron chi connectivity index (χ0n) is 16.7. The molecule has 1 aliphatic heterocycles. The number of thiocarbonyl (C=S) groups is 1. The van der Waals surface area contributed by atoms with Crippen LogP contribution in [-0.2, 0) is 11.2 Å². The van der Waals surface area contributed by atoms with Gasteiger partial charge in [0.2, 0.25) is 5.91 Å². The van der Waals surface area contributed by atoms with Crippen molar-refractivity contribution in [2.75, 3.05) is 18.4 Å². The fourth-order valence-corrected chi connectivity index (χ4v) is 3.61. The molecule has 29 heavy (non-hydrogen) atoms. The Hall–Kier alpha value is -2.73. The van der Waals surface area contributed by atoms with Crippen LogP contribution in [0, 0.1) is 5.92 Å². The molecule has 0 unspecified atom stereocenters. The molecule has 3 rings (SSSR count). The van der Waals surface area contributed by atoms with Gasteiger partial charge in [-0.1, -0.05) is 43.3 Å². The second-order valence-corrected chi connectivity index (χ2v) is 7.95. The number of benzene rings is 2. The monoisotopic (exact) mass is 409 g/mol. The zero-order chi connectivity index (χ0) is 20.6. The quantitative estimate of drug-likeness (QED) is 0.733. The van der Waals surface area contributed by atoms with E-state index in [4.69, 9.17) is 12.2 Å². The highest BCUT2D eigenvalue weighted by Gasteiger charge is 2.21. The summed E-state index contributed by atoms with van der Waals surface area (Å²) in [5, 5.41) is 5.94. The first-order valence-corrected chi connectivity index (χ1v) is 10.5. The van der Waals surface area contributed by atoms with Crippen LogP contribution in [0.5, 0.6) is 0 Å². The Morgan fingerprint density at radius 2 is 1.79 bits per heavy atom. The van der Waals surface area contributed by atoms with Crippen molar-refractivity contribution >= 4 is 34.8 Å². The minimum absolute atomic E-state index is 0.0402. The summed E-state index contributed by atoms with van der Waals surface area (Å²) in [7, 11) is 0. The van der Waals surface area contributed by atoms with Crippen LogP contribution < -0.4 is 10.6 Å². The molecule has 0 aliphatic carbocycles. The van der Waals surface area contributed by atoms with Crippen LogP contribution in [0.4, 0.5) is 5.69 Å². The lowest BCUT2D eigenvalue weighted by molar-refractivity contribution is -0.119. The van der Waals surface area contributed by atoms with E-state index < -0.39 is 0 Å². The number of piperidine rings is 1. The summed E-state index contributed by atoms with van der Waals surface area (Å²) in [4.78, 5) is 26.8. The van der Waals surface area contributed by atoms with Crippen LogP contribution in [0.2, 0.25) is 0 Å². The fraction of sp³-hybridized carbons (Fsp3) is 0.348. The van der Waals surface area contributed by atoms with Gasteiger partial charge < -0.3 is 15.5 Å². The standard InChI is InChI=1S/C23H27N3O2S/c1-17-12-14-26(15-13-17)22(28)19-8-5-9-20(16-19)24-23(29)25-21(27)11-10-18-6-3-2-4-7-18/h2-9,16-17H,10-15H2,1H3,(H2,24,25,27,29). The van der Waals surface area contributed by atoms with Crippen LogP contribution in [0.3, 0.4) is 0 Å². The molecule has 0 radical (unpaired) electrons. The highest BCUT2D eigenvalue weighted by molar-refractivity contribution is 7.80. The summed E-state index contributed by atoms with van der Waals surface area (Å²) in [6, 6.07) is 17.1. The molecule has 6 heteroatoms. The van der Waals surface area contributed by atoms with E-state index in [0.717, 1.165) is 31.5 Å². The third kappa shape index (κ3) is 6.39. The summed E-state index contributed by atoms with van der Waals surface area (Å²) in [5.74, 6) is 0.578. The predicted octanol–water partition coefficient (Wildman–Crippen LogP) is 4.00. The summed E-state index contributed by atoms with van der Waals surface area (Å²) in [6.45, 7) is 3.82. The van der Waals surface area contributed by atoms with Crippen molar-refractivity contribution in [3.05, 3.63) is 65.7 Å². The number of nitrogens with one attached hydrogen (secondary N) is 2. The lowest BCUT2D eigenvalue weighted by atomic mass is 9.98. The molecule has 2 aromatic rings. The molecular weight excluding hydrogens is 382 g/mol. The predicted molar refractivity (Wildman–Crippen MR) is 120 cm³/mol. The molecular formula is C23H27N3O2S. The lowest BCUT2D eigenvalue weighted by Crippen LogP contribution is -2.38. The summed E-state index contributed by atoms with van der Waals surface area (Å²) < 4.78 is 0. The number of likely N-dealkylation sites (tertiary alicyclic amines) is 1. The Labute approximate surface area is 177 Å². The maximum absolute atomic E-state index is 12.7. The average Bonchev–Trinajstić information content (AvgIpc) is 2.73. The lowest BCUT2D eigenvalue weighted by Gasteiger charge is -2.30. The first kappa shape index (κ1) is 21.0. The van der Waals surface area contributed by atoms with Gasteiger partial charge in [-0.15, -0.1) is 0 Å². The van der Waals surface area contributed by atoms with Crippen molar-refractivity contribution in [3.8, 4) is 0 Å². The molecule has 0 atom stereocenters. The first-order chi connectivity index (χ1) is 14.0. The first-order valence-electron chi connectivity index (χ1n) is 10.1. The van der Waals surface area contributed by atoms with Gasteiger partial charge in [0.25, 0.3) is 5.91 Å². The SMILES string of the molecule is CC1CCN(C(=O)c2cccc(NC(=S)NC(=O)CCc3ccccc3)c2)CC1. The van der Waals surface area contributed by atoms with Crippen LogP contribution >= 0.6 is 12.2 Å². The van der Waals surface area contributed by atoms with Crippen LogP contribution in [-0.4, -0.2) is 34.9 Å². The van der Waals surface area contributed by atoms with Gasteiger partial charge >= 0.3 is 0 Å². The largest absolute Gasteiger partial charge is 0.339 e. The van der Waals surface area contributed by atoms with Crippen molar-refractivity contribution in [1.82, 2.24) is 10.2 Å². The van der Waals surface area contributed by atoms with Crippen LogP contribution in [0.15, 0.2) is 54.6 Å². The molecule has 2 aromatic carbocycles. The number of nitrogens with zero attached hydrogens (tertiary/aromatic N) is 1. The van der Waals surface area contributed by atoms with E-state index in [1.807, 2.05) is 53.4 Å². The zero-order valence-corrected chi connectivity index (χ0v) is 17.5. The number of hydrogen-bond donors (Lipinski definition) is 2. The Morgan fingerprint density at radius 3 is 2.52 bits per heavy atom. The Balaban J connectivity index is 1.50. The summed E-state index contributed by atoms with van der Waals surface area (Å²) >= 11 is 5.25. The van der Waals surface area contributed by atoms with E-state index >= 15 is 0 Å². The van der Waals surface area contributed by atoms with Gasteiger partial charge in [0.1, 0.15) is 0 Å². The molecule has 1 saturated heterocycles. The van der Waals surface area contributed by atoms with E-state index in [-0.39, 0.29) is 16.9 Å². The molecule has 1 aliphatic rings. The molecule has 2 N–H and O–H groups in total. The number of anilines is 1. The number of hydrogen-bond acceptors (Lipinski definition) is 3. The fourth-order valence-electron chi connectivity index (χ4n) is 3.38. The average molecular weight is 410 g/mol. The van der Waals surface area contributed by atoms with Gasteiger partial charge in [0.15, 0.2) is 5.11 Å². The normalized spacial score (nSPS) is 14.3. The number of rotatable bonds is 5. The van der Waals surface area contributed by atoms with Crippen molar-refractivity contribution < 1.29 is 9.59 Å². The second-order valence-electron chi connectivity index (χ2n) is 7.54.